The van der Waals surface area contributed by atoms with Gasteiger partial charge >= 0.3 is 0 Å². The van der Waals surface area contributed by atoms with Crippen LogP contribution in [0.25, 0.3) is 11.1 Å². The number of carbonyl (C=O) groups is 1. The first kappa shape index (κ1) is 23.5. The summed E-state index contributed by atoms with van der Waals surface area (Å²) in [6.07, 6.45) is 1.87. The first-order chi connectivity index (χ1) is 17.0. The van der Waals surface area contributed by atoms with Gasteiger partial charge in [-0.2, -0.15) is 0 Å². The SMILES string of the molecule is CC[C@@H](c1nnc(SCC(=O)c2ccc3c(c2)-c2ccccc2C3)n1Cc1ccccc1)N(C)C. The topological polar surface area (TPSA) is 51.0 Å². The summed E-state index contributed by atoms with van der Waals surface area (Å²) in [5, 5.41) is 9.86. The van der Waals surface area contributed by atoms with Crippen LogP contribution >= 0.6 is 11.8 Å². The molecule has 35 heavy (non-hydrogen) atoms. The smallest absolute Gasteiger partial charge is 0.192 e. The lowest BCUT2D eigenvalue weighted by Crippen LogP contribution is -2.23. The Balaban J connectivity index is 1.38. The van der Waals surface area contributed by atoms with Gasteiger partial charge in [-0.1, -0.05) is 85.4 Å². The van der Waals surface area contributed by atoms with Gasteiger partial charge in [-0.25, -0.2) is 0 Å². The van der Waals surface area contributed by atoms with E-state index in [9.17, 15) is 4.79 Å². The maximum absolute atomic E-state index is 13.2. The summed E-state index contributed by atoms with van der Waals surface area (Å²) in [5.41, 5.74) is 6.98. The Morgan fingerprint density at radius 2 is 1.71 bits per heavy atom. The van der Waals surface area contributed by atoms with Crippen LogP contribution in [0.3, 0.4) is 0 Å². The van der Waals surface area contributed by atoms with E-state index in [0.717, 1.165) is 29.4 Å². The number of fused-ring (bicyclic) bond motifs is 3. The molecule has 0 unspecified atom stereocenters. The molecule has 0 radical (unpaired) electrons. The summed E-state index contributed by atoms with van der Waals surface area (Å²) >= 11 is 1.47. The molecule has 1 atom stereocenters. The van der Waals surface area contributed by atoms with Gasteiger partial charge in [0.25, 0.3) is 0 Å². The molecule has 178 valence electrons. The lowest BCUT2D eigenvalue weighted by Gasteiger charge is -2.23. The Morgan fingerprint density at radius 1 is 0.971 bits per heavy atom. The summed E-state index contributed by atoms with van der Waals surface area (Å²) in [7, 11) is 4.14. The number of carbonyl (C=O) groups excluding carboxylic acids is 1. The van der Waals surface area contributed by atoms with E-state index < -0.39 is 0 Å². The van der Waals surface area contributed by atoms with Crippen molar-refractivity contribution >= 4 is 17.5 Å². The largest absolute Gasteiger partial charge is 0.300 e. The van der Waals surface area contributed by atoms with E-state index in [1.165, 1.54) is 39.6 Å². The fraction of sp³-hybridized carbons (Fsp3) is 0.276. The van der Waals surface area contributed by atoms with Crippen LogP contribution in [0.4, 0.5) is 0 Å². The van der Waals surface area contributed by atoms with Crippen molar-refractivity contribution in [1.29, 1.82) is 0 Å². The lowest BCUT2D eigenvalue weighted by molar-refractivity contribution is 0.102. The van der Waals surface area contributed by atoms with Gasteiger partial charge < -0.3 is 4.57 Å². The Kier molecular flexibility index (Phi) is 6.84. The van der Waals surface area contributed by atoms with Crippen molar-refractivity contribution in [2.24, 2.45) is 0 Å². The molecule has 1 heterocycles. The zero-order chi connectivity index (χ0) is 24.4. The molecule has 1 aromatic heterocycles. The van der Waals surface area contributed by atoms with E-state index in [0.29, 0.717) is 12.3 Å². The molecule has 5 nitrogen and oxygen atoms in total. The number of rotatable bonds is 9. The van der Waals surface area contributed by atoms with E-state index in [1.807, 2.05) is 24.3 Å². The monoisotopic (exact) mass is 482 g/mol. The first-order valence-corrected chi connectivity index (χ1v) is 13.0. The summed E-state index contributed by atoms with van der Waals surface area (Å²) in [4.78, 5) is 15.4. The summed E-state index contributed by atoms with van der Waals surface area (Å²) in [6, 6.07) is 25.1. The predicted octanol–water partition coefficient (Wildman–Crippen LogP) is 5.89. The van der Waals surface area contributed by atoms with Crippen LogP contribution in [-0.4, -0.2) is 45.3 Å². The molecular weight excluding hydrogens is 452 g/mol. The van der Waals surface area contributed by atoms with Gasteiger partial charge in [0.15, 0.2) is 16.8 Å². The number of hydrogen-bond acceptors (Lipinski definition) is 5. The molecule has 1 aliphatic rings. The van der Waals surface area contributed by atoms with Gasteiger partial charge in [0.1, 0.15) is 0 Å². The van der Waals surface area contributed by atoms with Gasteiger partial charge in [-0.3, -0.25) is 9.69 Å². The van der Waals surface area contributed by atoms with Gasteiger partial charge in [0.2, 0.25) is 0 Å². The fourth-order valence-corrected chi connectivity index (χ4v) is 5.70. The number of aromatic nitrogens is 3. The maximum Gasteiger partial charge on any atom is 0.192 e. The normalized spacial score (nSPS) is 13.0. The molecule has 0 amide bonds. The van der Waals surface area contributed by atoms with Crippen molar-refractivity contribution in [2.45, 2.75) is 37.5 Å². The molecule has 0 spiro atoms. The highest BCUT2D eigenvalue weighted by Gasteiger charge is 2.24. The van der Waals surface area contributed by atoms with Gasteiger partial charge in [-0.15, -0.1) is 10.2 Å². The molecule has 5 rings (SSSR count). The Morgan fingerprint density at radius 3 is 2.49 bits per heavy atom. The number of Topliss-reactive ketones (excluding diaryl/α,β-unsaturated/α-hetero) is 1. The van der Waals surface area contributed by atoms with Crippen LogP contribution in [0.15, 0.2) is 78.0 Å². The van der Waals surface area contributed by atoms with E-state index in [2.05, 4.69) is 89.2 Å². The third kappa shape index (κ3) is 4.81. The van der Waals surface area contributed by atoms with Crippen molar-refractivity contribution < 1.29 is 4.79 Å². The molecule has 6 heteroatoms. The average Bonchev–Trinajstić information content (AvgIpc) is 3.44. The highest BCUT2D eigenvalue weighted by molar-refractivity contribution is 7.99. The third-order valence-corrected chi connectivity index (χ3v) is 7.66. The third-order valence-electron chi connectivity index (χ3n) is 6.69. The Bertz CT molecular complexity index is 1350. The summed E-state index contributed by atoms with van der Waals surface area (Å²) in [6.45, 7) is 2.84. The van der Waals surface area contributed by atoms with Gasteiger partial charge in [0, 0.05) is 5.56 Å². The molecule has 3 aromatic carbocycles. The van der Waals surface area contributed by atoms with Gasteiger partial charge in [-0.05, 0) is 60.8 Å². The Labute approximate surface area is 211 Å². The minimum atomic E-state index is 0.109. The molecule has 1 aliphatic carbocycles. The second kappa shape index (κ2) is 10.2. The molecule has 4 aromatic rings. The van der Waals surface area contributed by atoms with E-state index in [-0.39, 0.29) is 11.8 Å². The zero-order valence-electron chi connectivity index (χ0n) is 20.4. The molecule has 0 fully saturated rings. The van der Waals surface area contributed by atoms with Crippen LogP contribution in [0.5, 0.6) is 0 Å². The second-order valence-corrected chi connectivity index (χ2v) is 10.2. The van der Waals surface area contributed by atoms with Gasteiger partial charge in [0.05, 0.1) is 18.3 Å². The molecule has 0 N–H and O–H groups in total. The molecular formula is C29H30N4OS. The van der Waals surface area contributed by atoms with E-state index in [4.69, 9.17) is 0 Å². The molecule has 0 bridgehead atoms. The van der Waals surface area contributed by atoms with Crippen LogP contribution in [0, 0.1) is 0 Å². The average molecular weight is 483 g/mol. The van der Waals surface area contributed by atoms with Crippen molar-refractivity contribution in [3.8, 4) is 11.1 Å². The standard InChI is InChI=1S/C29H30N4OS/c1-4-26(32(2)3)28-30-31-29(33(28)18-20-10-6-5-7-11-20)35-19-27(34)23-15-14-22-16-21-12-8-9-13-24(21)25(22)17-23/h5-15,17,26H,4,16,18-19H2,1-3H3/t26-/m0/s1. The van der Waals surface area contributed by atoms with Crippen LogP contribution in [0.2, 0.25) is 0 Å². The van der Waals surface area contributed by atoms with Crippen LogP contribution in [0.1, 0.15) is 52.3 Å². The minimum absolute atomic E-state index is 0.109. The molecule has 0 aliphatic heterocycles. The Hall–Kier alpha value is -3.22. The number of ketones is 1. The van der Waals surface area contributed by atoms with E-state index in [1.54, 1.807) is 0 Å². The van der Waals surface area contributed by atoms with Crippen molar-refractivity contribution in [2.75, 3.05) is 19.8 Å². The summed E-state index contributed by atoms with van der Waals surface area (Å²) < 4.78 is 2.17. The van der Waals surface area contributed by atoms with Crippen molar-refractivity contribution in [3.63, 3.8) is 0 Å². The molecule has 0 saturated carbocycles. The minimum Gasteiger partial charge on any atom is -0.300 e. The van der Waals surface area contributed by atoms with Crippen LogP contribution in [-0.2, 0) is 13.0 Å². The predicted molar refractivity (Wildman–Crippen MR) is 142 cm³/mol. The van der Waals surface area contributed by atoms with Crippen molar-refractivity contribution in [3.05, 3.63) is 101 Å². The number of nitrogens with zero attached hydrogens (tertiary/aromatic N) is 4. The van der Waals surface area contributed by atoms with Crippen molar-refractivity contribution in [1.82, 2.24) is 19.7 Å². The van der Waals surface area contributed by atoms with E-state index >= 15 is 0 Å². The van der Waals surface area contributed by atoms with Crippen LogP contribution < -0.4 is 0 Å². The second-order valence-electron chi connectivity index (χ2n) is 9.22. The highest BCUT2D eigenvalue weighted by atomic mass is 32.2. The lowest BCUT2D eigenvalue weighted by atomic mass is 10.0. The number of benzene rings is 3. The maximum atomic E-state index is 13.2. The first-order valence-electron chi connectivity index (χ1n) is 12.1. The highest BCUT2D eigenvalue weighted by Crippen LogP contribution is 2.37. The zero-order valence-corrected chi connectivity index (χ0v) is 21.3. The molecule has 0 saturated heterocycles. The number of thioether (sulfide) groups is 1. The number of hydrogen-bond donors (Lipinski definition) is 0. The fourth-order valence-electron chi connectivity index (χ4n) is 4.86. The summed E-state index contributed by atoms with van der Waals surface area (Å²) in [5.74, 6) is 1.37. The quantitative estimate of drug-likeness (QED) is 0.194.